The van der Waals surface area contributed by atoms with Crippen LogP contribution in [0.2, 0.25) is 0 Å². The lowest BCUT2D eigenvalue weighted by Gasteiger charge is -2.39. The van der Waals surface area contributed by atoms with Crippen LogP contribution in [0.1, 0.15) is 29.0 Å². The van der Waals surface area contributed by atoms with Gasteiger partial charge in [-0.15, -0.1) is 0 Å². The van der Waals surface area contributed by atoms with Gasteiger partial charge in [-0.1, -0.05) is 0 Å². The third-order valence-corrected chi connectivity index (χ3v) is 5.80. The average molecular weight is 346 g/mol. The van der Waals surface area contributed by atoms with E-state index in [-0.39, 0.29) is 12.0 Å². The number of fused-ring (bicyclic) bond motifs is 1. The lowest BCUT2D eigenvalue weighted by Crippen LogP contribution is -2.50. The summed E-state index contributed by atoms with van der Waals surface area (Å²) in [6.07, 6.45) is 3.96. The van der Waals surface area contributed by atoms with E-state index in [0.29, 0.717) is 24.3 Å². The summed E-state index contributed by atoms with van der Waals surface area (Å²) >= 11 is 1.75. The van der Waals surface area contributed by atoms with Gasteiger partial charge in [-0.25, -0.2) is 0 Å². The minimum absolute atomic E-state index is 0.144. The van der Waals surface area contributed by atoms with E-state index in [1.54, 1.807) is 23.5 Å². The predicted octanol–water partition coefficient (Wildman–Crippen LogP) is 2.75. The summed E-state index contributed by atoms with van der Waals surface area (Å²) in [5, 5.41) is 7.35. The maximum Gasteiger partial charge on any atom is 0.286 e. The van der Waals surface area contributed by atoms with Gasteiger partial charge in [0.05, 0.1) is 19.0 Å². The molecule has 1 aliphatic heterocycles. The topological polar surface area (TPSA) is 54.7 Å². The third-order valence-electron chi connectivity index (χ3n) is 5.07. The highest BCUT2D eigenvalue weighted by Crippen LogP contribution is 2.35. The van der Waals surface area contributed by atoms with Crippen LogP contribution in [0.15, 0.2) is 39.6 Å². The number of thiophene rings is 1. The number of rotatable bonds is 5. The molecule has 1 amide bonds. The van der Waals surface area contributed by atoms with Crippen molar-refractivity contribution >= 4 is 17.2 Å². The molecule has 1 N–H and O–H groups in total. The van der Waals surface area contributed by atoms with E-state index >= 15 is 0 Å². The van der Waals surface area contributed by atoms with E-state index in [1.807, 2.05) is 0 Å². The zero-order valence-electron chi connectivity index (χ0n) is 13.5. The van der Waals surface area contributed by atoms with Crippen LogP contribution in [-0.2, 0) is 11.3 Å². The van der Waals surface area contributed by atoms with Gasteiger partial charge in [-0.05, 0) is 47.4 Å². The highest BCUT2D eigenvalue weighted by molar-refractivity contribution is 7.07. The zero-order valence-corrected chi connectivity index (χ0v) is 14.3. The van der Waals surface area contributed by atoms with Gasteiger partial charge in [-0.2, -0.15) is 11.3 Å². The van der Waals surface area contributed by atoms with E-state index in [1.165, 1.54) is 11.8 Å². The molecule has 2 fully saturated rings. The van der Waals surface area contributed by atoms with Gasteiger partial charge in [0.1, 0.15) is 0 Å². The quantitative estimate of drug-likeness (QED) is 0.904. The van der Waals surface area contributed by atoms with Crippen molar-refractivity contribution in [1.82, 2.24) is 10.2 Å². The Morgan fingerprint density at radius 1 is 1.38 bits per heavy atom. The Kier molecular flexibility index (Phi) is 4.69. The first kappa shape index (κ1) is 15.9. The summed E-state index contributed by atoms with van der Waals surface area (Å²) in [6.45, 7) is 3.41. The fourth-order valence-corrected chi connectivity index (χ4v) is 4.55. The Hall–Kier alpha value is -1.63. The Bertz CT molecular complexity index is 656. The smallest absolute Gasteiger partial charge is 0.286 e. The standard InChI is InChI=1S/C18H22N2O3S/c21-18(16-2-1-7-22-16)19-10-14-3-4-15-17(14)23-8-6-20(15)11-13-5-9-24-12-13/h1-2,5,7,9,12,14-15,17H,3-4,6,8,10-11H2,(H,19,21)/t14-,15-,17+/m0/s1. The second kappa shape index (κ2) is 7.09. The maximum atomic E-state index is 12.0. The molecule has 0 radical (unpaired) electrons. The van der Waals surface area contributed by atoms with Gasteiger partial charge >= 0.3 is 0 Å². The molecule has 0 unspecified atom stereocenters. The maximum absolute atomic E-state index is 12.0. The third kappa shape index (κ3) is 3.27. The second-order valence-electron chi connectivity index (χ2n) is 6.53. The molecule has 1 aliphatic carbocycles. The summed E-state index contributed by atoms with van der Waals surface area (Å²) in [6, 6.07) is 6.08. The van der Waals surface area contributed by atoms with E-state index < -0.39 is 0 Å². The molecule has 128 valence electrons. The summed E-state index contributed by atoms with van der Waals surface area (Å²) in [4.78, 5) is 14.6. The van der Waals surface area contributed by atoms with Crippen LogP contribution < -0.4 is 5.32 Å². The molecule has 3 heterocycles. The summed E-state index contributed by atoms with van der Waals surface area (Å²) in [5.41, 5.74) is 1.38. The zero-order chi connectivity index (χ0) is 16.4. The summed E-state index contributed by atoms with van der Waals surface area (Å²) in [7, 11) is 0. The van der Waals surface area contributed by atoms with Gasteiger partial charge < -0.3 is 14.5 Å². The first-order valence-corrected chi connectivity index (χ1v) is 9.44. The molecule has 5 nitrogen and oxygen atoms in total. The summed E-state index contributed by atoms with van der Waals surface area (Å²) < 4.78 is 11.2. The minimum atomic E-state index is -0.144. The molecule has 0 bridgehead atoms. The number of nitrogens with zero attached hydrogens (tertiary/aromatic N) is 1. The number of amides is 1. The number of hydrogen-bond acceptors (Lipinski definition) is 5. The molecular formula is C18H22N2O3S. The monoisotopic (exact) mass is 346 g/mol. The van der Waals surface area contributed by atoms with Gasteiger partial charge in [0.15, 0.2) is 5.76 Å². The first-order chi connectivity index (χ1) is 11.8. The van der Waals surface area contributed by atoms with Crippen molar-refractivity contribution in [2.75, 3.05) is 19.7 Å². The fourth-order valence-electron chi connectivity index (χ4n) is 3.89. The van der Waals surface area contributed by atoms with Gasteiger partial charge in [0, 0.05) is 31.6 Å². The lowest BCUT2D eigenvalue weighted by atomic mass is 10.0. The molecule has 6 heteroatoms. The molecule has 2 aliphatic rings. The minimum Gasteiger partial charge on any atom is -0.459 e. The fraction of sp³-hybridized carbons (Fsp3) is 0.500. The Morgan fingerprint density at radius 2 is 2.33 bits per heavy atom. The lowest BCUT2D eigenvalue weighted by molar-refractivity contribution is -0.0757. The summed E-state index contributed by atoms with van der Waals surface area (Å²) in [5.74, 6) is 0.599. The second-order valence-corrected chi connectivity index (χ2v) is 7.31. The number of hydrogen-bond donors (Lipinski definition) is 1. The average Bonchev–Trinajstić information content (AvgIpc) is 3.34. The Morgan fingerprint density at radius 3 is 3.12 bits per heavy atom. The molecule has 24 heavy (non-hydrogen) atoms. The molecule has 0 spiro atoms. The largest absolute Gasteiger partial charge is 0.459 e. The normalized spacial score (nSPS) is 27.1. The Labute approximate surface area is 145 Å². The molecular weight excluding hydrogens is 324 g/mol. The highest BCUT2D eigenvalue weighted by atomic mass is 32.1. The number of carbonyl (C=O) groups is 1. The van der Waals surface area contributed by atoms with Crippen molar-refractivity contribution in [2.24, 2.45) is 5.92 Å². The van der Waals surface area contributed by atoms with Crippen molar-refractivity contribution in [2.45, 2.75) is 31.5 Å². The van der Waals surface area contributed by atoms with Crippen LogP contribution in [0, 0.1) is 5.92 Å². The predicted molar refractivity (Wildman–Crippen MR) is 92.0 cm³/mol. The molecule has 4 rings (SSSR count). The molecule has 3 atom stereocenters. The SMILES string of the molecule is O=C(NC[C@@H]1CC[C@H]2[C@@H]1OCCN2Cc1ccsc1)c1ccco1. The molecule has 1 saturated carbocycles. The highest BCUT2D eigenvalue weighted by Gasteiger charge is 2.42. The van der Waals surface area contributed by atoms with Crippen LogP contribution in [-0.4, -0.2) is 42.6 Å². The van der Waals surface area contributed by atoms with Gasteiger partial charge in [-0.3, -0.25) is 9.69 Å². The number of carbonyl (C=O) groups excluding carboxylic acids is 1. The van der Waals surface area contributed by atoms with E-state index in [2.05, 4.69) is 27.0 Å². The first-order valence-electron chi connectivity index (χ1n) is 8.49. The number of morpholine rings is 1. The number of furan rings is 1. The van der Waals surface area contributed by atoms with Crippen molar-refractivity contribution in [3.63, 3.8) is 0 Å². The van der Waals surface area contributed by atoms with Crippen LogP contribution in [0.25, 0.3) is 0 Å². The van der Waals surface area contributed by atoms with Gasteiger partial charge in [0.25, 0.3) is 5.91 Å². The molecule has 2 aromatic heterocycles. The van der Waals surface area contributed by atoms with Crippen LogP contribution in [0.4, 0.5) is 0 Å². The molecule has 2 aromatic rings. The molecule has 0 aromatic carbocycles. The van der Waals surface area contributed by atoms with Crippen molar-refractivity contribution in [3.05, 3.63) is 46.5 Å². The van der Waals surface area contributed by atoms with Gasteiger partial charge in [0.2, 0.25) is 0 Å². The van der Waals surface area contributed by atoms with E-state index in [9.17, 15) is 4.79 Å². The van der Waals surface area contributed by atoms with Crippen molar-refractivity contribution in [1.29, 1.82) is 0 Å². The van der Waals surface area contributed by atoms with Crippen LogP contribution >= 0.6 is 11.3 Å². The number of nitrogens with one attached hydrogen (secondary N) is 1. The van der Waals surface area contributed by atoms with E-state index in [4.69, 9.17) is 9.15 Å². The Balaban J connectivity index is 1.35. The van der Waals surface area contributed by atoms with Crippen LogP contribution in [0.3, 0.4) is 0 Å². The van der Waals surface area contributed by atoms with Crippen molar-refractivity contribution < 1.29 is 13.9 Å². The van der Waals surface area contributed by atoms with E-state index in [0.717, 1.165) is 32.5 Å². The van der Waals surface area contributed by atoms with Crippen LogP contribution in [0.5, 0.6) is 0 Å². The molecule has 1 saturated heterocycles. The van der Waals surface area contributed by atoms with Crippen molar-refractivity contribution in [3.8, 4) is 0 Å². The number of ether oxygens (including phenoxy) is 1.